The van der Waals surface area contributed by atoms with E-state index < -0.39 is 30.0 Å². The highest BCUT2D eigenvalue weighted by atomic mass is 16.5. The fourth-order valence-corrected chi connectivity index (χ4v) is 4.20. The number of esters is 1. The first-order chi connectivity index (χ1) is 17.7. The number of fused-ring (bicyclic) bond motifs is 1. The molecule has 1 aromatic carbocycles. The van der Waals surface area contributed by atoms with E-state index in [1.54, 1.807) is 24.3 Å². The Kier molecular flexibility index (Phi) is 9.36. The summed E-state index contributed by atoms with van der Waals surface area (Å²) >= 11 is 0. The number of ether oxygens (including phenoxy) is 1. The third-order valence-electron chi connectivity index (χ3n) is 6.08. The van der Waals surface area contributed by atoms with Gasteiger partial charge < -0.3 is 25.6 Å². The smallest absolute Gasteiger partial charge is 0.328 e. The van der Waals surface area contributed by atoms with Crippen molar-refractivity contribution in [2.24, 2.45) is 0 Å². The Balaban J connectivity index is 1.62. The van der Waals surface area contributed by atoms with Crippen molar-refractivity contribution in [3.8, 4) is 0 Å². The summed E-state index contributed by atoms with van der Waals surface area (Å²) in [5, 5.41) is 10.1. The molecule has 0 spiro atoms. The van der Waals surface area contributed by atoms with E-state index in [-0.39, 0.29) is 56.5 Å². The number of nitrogens with one attached hydrogen (secondary N) is 4. The number of hydrogen-bond donors (Lipinski definition) is 4. The second-order valence-electron chi connectivity index (χ2n) is 8.63. The molecule has 1 aromatic rings. The predicted molar refractivity (Wildman–Crippen MR) is 132 cm³/mol. The Labute approximate surface area is 214 Å². The maximum Gasteiger partial charge on any atom is 0.328 e. The number of carbonyl (C=O) groups excluding carboxylic acids is 6. The highest BCUT2D eigenvalue weighted by molar-refractivity contribution is 6.06. The summed E-state index contributed by atoms with van der Waals surface area (Å²) < 4.78 is 4.77. The van der Waals surface area contributed by atoms with Crippen LogP contribution in [0, 0.1) is 0 Å². The summed E-state index contributed by atoms with van der Waals surface area (Å²) in [6.07, 6.45) is 5.14. The first-order valence-corrected chi connectivity index (χ1v) is 12.1. The Hall–Kier alpha value is -4.22. The van der Waals surface area contributed by atoms with Gasteiger partial charge in [0.1, 0.15) is 12.1 Å². The lowest BCUT2D eigenvalue weighted by Gasteiger charge is -2.29. The van der Waals surface area contributed by atoms with Crippen LogP contribution in [0.1, 0.15) is 54.9 Å². The van der Waals surface area contributed by atoms with Crippen molar-refractivity contribution < 1.29 is 33.5 Å². The van der Waals surface area contributed by atoms with Gasteiger partial charge in [-0.3, -0.25) is 24.5 Å². The standard InChI is InChI=1S/C25H31N5O7/c1-3-4-5-9-20(31)26-13-12-18(24(35)37-2)28-25(36)27-17-8-6-7-15-16(17)14-30(23(15)34)19-10-11-21(32)29-22(19)33/h4-8,18-19H,3,9-14H2,1-2H3,(H,26,31)(H2,27,28,36)(H,29,32,33)/b5-4-. The van der Waals surface area contributed by atoms with Crippen molar-refractivity contribution in [1.82, 2.24) is 20.9 Å². The second kappa shape index (κ2) is 12.7. The molecule has 1 fully saturated rings. The van der Waals surface area contributed by atoms with Crippen LogP contribution in [-0.4, -0.2) is 66.3 Å². The quantitative estimate of drug-likeness (QED) is 0.206. The molecule has 2 aliphatic heterocycles. The maximum atomic E-state index is 13.0. The van der Waals surface area contributed by atoms with Crippen LogP contribution in [0.3, 0.4) is 0 Å². The van der Waals surface area contributed by atoms with Crippen molar-refractivity contribution >= 4 is 41.3 Å². The monoisotopic (exact) mass is 513 g/mol. The number of urea groups is 1. The number of piperidine rings is 1. The number of hydrogen-bond acceptors (Lipinski definition) is 7. The first kappa shape index (κ1) is 27.4. The van der Waals surface area contributed by atoms with Gasteiger partial charge in [0.25, 0.3) is 5.91 Å². The molecule has 1 saturated heterocycles. The fraction of sp³-hybridized carbons (Fsp3) is 0.440. The average Bonchev–Trinajstić information content (AvgIpc) is 3.20. The topological polar surface area (TPSA) is 163 Å². The molecule has 4 N–H and O–H groups in total. The number of rotatable bonds is 10. The molecule has 0 radical (unpaired) electrons. The van der Waals surface area contributed by atoms with Gasteiger partial charge in [0, 0.05) is 42.7 Å². The zero-order valence-corrected chi connectivity index (χ0v) is 20.8. The minimum Gasteiger partial charge on any atom is -0.467 e. The molecule has 198 valence electrons. The van der Waals surface area contributed by atoms with Crippen molar-refractivity contribution in [3.05, 3.63) is 41.5 Å². The SMILES string of the molecule is CC/C=C\CC(=O)NCCC(NC(=O)Nc1cccc2c1CN(C1CCC(=O)NC1=O)C2=O)C(=O)OC. The van der Waals surface area contributed by atoms with Gasteiger partial charge >= 0.3 is 12.0 Å². The van der Waals surface area contributed by atoms with Crippen LogP contribution in [-0.2, 0) is 30.5 Å². The number of carbonyl (C=O) groups is 6. The van der Waals surface area contributed by atoms with Gasteiger partial charge in [-0.2, -0.15) is 0 Å². The lowest BCUT2D eigenvalue weighted by molar-refractivity contribution is -0.143. The Morgan fingerprint density at radius 2 is 2.00 bits per heavy atom. The summed E-state index contributed by atoms with van der Waals surface area (Å²) in [5.41, 5.74) is 1.21. The molecule has 37 heavy (non-hydrogen) atoms. The summed E-state index contributed by atoms with van der Waals surface area (Å²) in [7, 11) is 1.20. The van der Waals surface area contributed by atoms with E-state index >= 15 is 0 Å². The minimum atomic E-state index is -1.02. The lowest BCUT2D eigenvalue weighted by Crippen LogP contribution is -2.52. The van der Waals surface area contributed by atoms with E-state index in [4.69, 9.17) is 4.74 Å². The van der Waals surface area contributed by atoms with Gasteiger partial charge in [-0.25, -0.2) is 9.59 Å². The summed E-state index contributed by atoms with van der Waals surface area (Å²) in [4.78, 5) is 74.9. The third-order valence-corrected chi connectivity index (χ3v) is 6.08. The third kappa shape index (κ3) is 6.93. The minimum absolute atomic E-state index is 0.0792. The molecule has 0 bridgehead atoms. The Bertz CT molecular complexity index is 1120. The molecule has 0 saturated carbocycles. The van der Waals surface area contributed by atoms with E-state index in [1.807, 2.05) is 13.0 Å². The van der Waals surface area contributed by atoms with E-state index in [0.717, 1.165) is 6.42 Å². The van der Waals surface area contributed by atoms with Gasteiger partial charge in [-0.05, 0) is 31.4 Å². The number of methoxy groups -OCH3 is 1. The molecule has 6 amide bonds. The summed E-state index contributed by atoms with van der Waals surface area (Å²) in [6.45, 7) is 2.19. The van der Waals surface area contributed by atoms with E-state index in [9.17, 15) is 28.8 Å². The van der Waals surface area contributed by atoms with E-state index in [1.165, 1.54) is 12.0 Å². The van der Waals surface area contributed by atoms with Gasteiger partial charge in [0.05, 0.1) is 7.11 Å². The summed E-state index contributed by atoms with van der Waals surface area (Å²) in [6, 6.07) is 2.30. The summed E-state index contributed by atoms with van der Waals surface area (Å²) in [5.74, 6) is -2.15. The zero-order chi connectivity index (χ0) is 26.9. The first-order valence-electron chi connectivity index (χ1n) is 12.1. The second-order valence-corrected chi connectivity index (χ2v) is 8.63. The molecule has 2 unspecified atom stereocenters. The van der Waals surface area contributed by atoms with Crippen LogP contribution < -0.4 is 21.3 Å². The van der Waals surface area contributed by atoms with Crippen LogP contribution >= 0.6 is 0 Å². The van der Waals surface area contributed by atoms with Crippen LogP contribution in [0.5, 0.6) is 0 Å². The highest BCUT2D eigenvalue weighted by Gasteiger charge is 2.40. The average molecular weight is 514 g/mol. The van der Waals surface area contributed by atoms with Crippen molar-refractivity contribution in [2.75, 3.05) is 19.0 Å². The Morgan fingerprint density at radius 3 is 2.70 bits per heavy atom. The van der Waals surface area contributed by atoms with Gasteiger partial charge in [0.2, 0.25) is 17.7 Å². The fourth-order valence-electron chi connectivity index (χ4n) is 4.20. The molecule has 2 aliphatic rings. The number of anilines is 1. The number of nitrogens with zero attached hydrogens (tertiary/aromatic N) is 1. The van der Waals surface area contributed by atoms with Crippen LogP contribution in [0.4, 0.5) is 10.5 Å². The van der Waals surface area contributed by atoms with Crippen LogP contribution in [0.15, 0.2) is 30.4 Å². The molecule has 0 aromatic heterocycles. The number of amides is 6. The molecule has 12 nitrogen and oxygen atoms in total. The number of benzene rings is 1. The normalized spacial score (nSPS) is 17.7. The maximum absolute atomic E-state index is 13.0. The Morgan fingerprint density at radius 1 is 1.22 bits per heavy atom. The number of allylic oxidation sites excluding steroid dienone is 1. The molecule has 0 aliphatic carbocycles. The van der Waals surface area contributed by atoms with E-state index in [0.29, 0.717) is 16.8 Å². The molecule has 2 atom stereocenters. The van der Waals surface area contributed by atoms with Crippen molar-refractivity contribution in [2.45, 2.75) is 57.7 Å². The largest absolute Gasteiger partial charge is 0.467 e. The van der Waals surface area contributed by atoms with Gasteiger partial charge in [0.15, 0.2) is 0 Å². The molecule has 2 heterocycles. The van der Waals surface area contributed by atoms with Gasteiger partial charge in [-0.1, -0.05) is 25.1 Å². The molecule has 12 heteroatoms. The van der Waals surface area contributed by atoms with Crippen LogP contribution in [0.25, 0.3) is 0 Å². The number of imide groups is 1. The van der Waals surface area contributed by atoms with Crippen LogP contribution in [0.2, 0.25) is 0 Å². The van der Waals surface area contributed by atoms with Gasteiger partial charge in [-0.15, -0.1) is 0 Å². The van der Waals surface area contributed by atoms with Crippen molar-refractivity contribution in [3.63, 3.8) is 0 Å². The lowest BCUT2D eigenvalue weighted by atomic mass is 10.0. The highest BCUT2D eigenvalue weighted by Crippen LogP contribution is 2.32. The zero-order valence-electron chi connectivity index (χ0n) is 20.8. The molecule has 3 rings (SSSR count). The van der Waals surface area contributed by atoms with Crippen molar-refractivity contribution in [1.29, 1.82) is 0 Å². The molecular formula is C25H31N5O7. The molecular weight excluding hydrogens is 482 g/mol. The predicted octanol–water partition coefficient (Wildman–Crippen LogP) is 0.973. The van der Waals surface area contributed by atoms with E-state index in [2.05, 4.69) is 21.3 Å².